The van der Waals surface area contributed by atoms with Gasteiger partial charge in [-0.05, 0) is 6.92 Å². The van der Waals surface area contributed by atoms with Crippen molar-refractivity contribution < 1.29 is 5.11 Å². The Balaban J connectivity index is 2.20. The molecule has 2 rings (SSSR count). The second kappa shape index (κ2) is 4.31. The van der Waals surface area contributed by atoms with Gasteiger partial charge < -0.3 is 10.0 Å². The third-order valence-electron chi connectivity index (χ3n) is 2.35. The van der Waals surface area contributed by atoms with Gasteiger partial charge in [-0.25, -0.2) is 15.0 Å². The summed E-state index contributed by atoms with van der Waals surface area (Å²) < 4.78 is 0. The van der Waals surface area contributed by atoms with Crippen molar-refractivity contribution in [2.24, 2.45) is 20.0 Å². The SMILES string of the molecule is CCN(CCO)C1=NC=NC2=NC=NC21. The van der Waals surface area contributed by atoms with Gasteiger partial charge in [0.1, 0.15) is 18.5 Å². The molecule has 0 bridgehead atoms. The van der Waals surface area contributed by atoms with Crippen molar-refractivity contribution in [3.8, 4) is 0 Å². The van der Waals surface area contributed by atoms with E-state index in [2.05, 4.69) is 20.0 Å². The molecule has 6 heteroatoms. The standard InChI is InChI=1S/C9H13N5O/c1-2-14(3-4-15)9-7-8(11-5-10-7)12-6-13-9/h5-7,15H,2-4H2,1H3. The molecule has 0 saturated heterocycles. The Kier molecular flexibility index (Phi) is 2.86. The number of nitrogens with zero attached hydrogens (tertiary/aromatic N) is 5. The molecule has 1 atom stereocenters. The number of likely N-dealkylation sites (N-methyl/N-ethyl adjacent to an activating group) is 1. The van der Waals surface area contributed by atoms with Crippen molar-refractivity contribution in [2.75, 3.05) is 19.7 Å². The second-order valence-corrected chi connectivity index (χ2v) is 3.19. The predicted octanol–water partition coefficient (Wildman–Crippen LogP) is -0.450. The molecule has 6 nitrogen and oxygen atoms in total. The Morgan fingerprint density at radius 2 is 2.27 bits per heavy atom. The highest BCUT2D eigenvalue weighted by atomic mass is 16.3. The zero-order chi connectivity index (χ0) is 10.7. The average molecular weight is 207 g/mol. The van der Waals surface area contributed by atoms with E-state index in [1.807, 2.05) is 11.8 Å². The van der Waals surface area contributed by atoms with Gasteiger partial charge in [-0.2, -0.15) is 0 Å². The van der Waals surface area contributed by atoms with Crippen LogP contribution in [0.15, 0.2) is 20.0 Å². The van der Waals surface area contributed by atoms with Crippen LogP contribution in [0.1, 0.15) is 6.92 Å². The summed E-state index contributed by atoms with van der Waals surface area (Å²) in [5.41, 5.74) is 0. The fourth-order valence-electron chi connectivity index (χ4n) is 1.61. The first kappa shape index (κ1) is 9.97. The summed E-state index contributed by atoms with van der Waals surface area (Å²) >= 11 is 0. The first-order valence-corrected chi connectivity index (χ1v) is 4.92. The third-order valence-corrected chi connectivity index (χ3v) is 2.35. The number of hydrogen-bond donors (Lipinski definition) is 1. The topological polar surface area (TPSA) is 72.9 Å². The minimum absolute atomic E-state index is 0.104. The minimum Gasteiger partial charge on any atom is -0.395 e. The quantitative estimate of drug-likeness (QED) is 0.680. The second-order valence-electron chi connectivity index (χ2n) is 3.19. The van der Waals surface area contributed by atoms with Gasteiger partial charge in [-0.1, -0.05) is 0 Å². The fraction of sp³-hybridized carbons (Fsp3) is 0.556. The van der Waals surface area contributed by atoms with Gasteiger partial charge in [-0.15, -0.1) is 0 Å². The molecule has 0 aromatic rings. The van der Waals surface area contributed by atoms with Crippen molar-refractivity contribution in [1.29, 1.82) is 0 Å². The van der Waals surface area contributed by atoms with Crippen LogP contribution >= 0.6 is 0 Å². The van der Waals surface area contributed by atoms with Crippen LogP contribution in [0.25, 0.3) is 0 Å². The lowest BCUT2D eigenvalue weighted by Crippen LogP contribution is -2.43. The summed E-state index contributed by atoms with van der Waals surface area (Å²) in [4.78, 5) is 18.5. The van der Waals surface area contributed by atoms with Crippen molar-refractivity contribution in [3.05, 3.63) is 0 Å². The largest absolute Gasteiger partial charge is 0.395 e. The van der Waals surface area contributed by atoms with Gasteiger partial charge in [-0.3, -0.25) is 4.99 Å². The summed E-state index contributed by atoms with van der Waals surface area (Å²) in [6.45, 7) is 3.46. The number of aliphatic imine (C=N–C) groups is 4. The van der Waals surface area contributed by atoms with E-state index in [0.717, 1.165) is 12.4 Å². The Morgan fingerprint density at radius 1 is 1.40 bits per heavy atom. The van der Waals surface area contributed by atoms with Gasteiger partial charge >= 0.3 is 0 Å². The van der Waals surface area contributed by atoms with Crippen LogP contribution in [-0.2, 0) is 0 Å². The maximum absolute atomic E-state index is 8.94. The van der Waals surface area contributed by atoms with Crippen LogP contribution in [0.5, 0.6) is 0 Å². The van der Waals surface area contributed by atoms with Gasteiger partial charge in [0.25, 0.3) is 0 Å². The minimum atomic E-state index is -0.179. The van der Waals surface area contributed by atoms with Crippen molar-refractivity contribution in [3.63, 3.8) is 0 Å². The van der Waals surface area contributed by atoms with Gasteiger partial charge in [0, 0.05) is 13.1 Å². The van der Waals surface area contributed by atoms with Gasteiger partial charge in [0.05, 0.1) is 6.61 Å². The maximum Gasteiger partial charge on any atom is 0.169 e. The van der Waals surface area contributed by atoms with E-state index >= 15 is 0 Å². The Labute approximate surface area is 87.8 Å². The third kappa shape index (κ3) is 1.80. The number of fused-ring (bicyclic) bond motifs is 1. The average Bonchev–Trinajstić information content (AvgIpc) is 2.73. The van der Waals surface area contributed by atoms with E-state index in [1.54, 1.807) is 0 Å². The monoisotopic (exact) mass is 207 g/mol. The Hall–Kier alpha value is -1.56. The molecular weight excluding hydrogens is 194 g/mol. The molecule has 0 spiro atoms. The Bertz CT molecular complexity index is 358. The molecule has 80 valence electrons. The summed E-state index contributed by atoms with van der Waals surface area (Å²) in [7, 11) is 0. The van der Waals surface area contributed by atoms with Crippen LogP contribution in [0.3, 0.4) is 0 Å². The first-order chi connectivity index (χ1) is 7.36. The van der Waals surface area contributed by atoms with E-state index in [-0.39, 0.29) is 12.6 Å². The zero-order valence-corrected chi connectivity index (χ0v) is 8.54. The van der Waals surface area contributed by atoms with Crippen LogP contribution in [0.4, 0.5) is 0 Å². The summed E-state index contributed by atoms with van der Waals surface area (Å²) in [5, 5.41) is 8.94. The smallest absolute Gasteiger partial charge is 0.169 e. The molecule has 0 amide bonds. The molecule has 2 heterocycles. The van der Waals surface area contributed by atoms with Gasteiger partial charge in [0.2, 0.25) is 0 Å². The molecule has 0 aromatic heterocycles. The lowest BCUT2D eigenvalue weighted by atomic mass is 10.2. The lowest BCUT2D eigenvalue weighted by molar-refractivity contribution is 0.251. The molecule has 1 N–H and O–H groups in total. The van der Waals surface area contributed by atoms with E-state index in [9.17, 15) is 0 Å². The summed E-state index contributed by atoms with van der Waals surface area (Å²) in [6.07, 6.45) is 2.99. The maximum atomic E-state index is 8.94. The number of aliphatic hydroxyl groups excluding tert-OH is 1. The molecule has 0 fully saturated rings. The predicted molar refractivity (Wildman–Crippen MR) is 60.0 cm³/mol. The Morgan fingerprint density at radius 3 is 3.00 bits per heavy atom. The molecule has 0 aromatic carbocycles. The fourth-order valence-corrected chi connectivity index (χ4v) is 1.61. The molecule has 2 aliphatic heterocycles. The molecule has 0 radical (unpaired) electrons. The first-order valence-electron chi connectivity index (χ1n) is 4.92. The van der Waals surface area contributed by atoms with E-state index in [4.69, 9.17) is 5.11 Å². The number of rotatable bonds is 3. The van der Waals surface area contributed by atoms with E-state index in [1.165, 1.54) is 12.7 Å². The molecular formula is C9H13N5O. The summed E-state index contributed by atoms with van der Waals surface area (Å²) in [5.74, 6) is 1.49. The van der Waals surface area contributed by atoms with E-state index in [0.29, 0.717) is 12.4 Å². The highest BCUT2D eigenvalue weighted by Crippen LogP contribution is 2.12. The zero-order valence-electron chi connectivity index (χ0n) is 8.54. The van der Waals surface area contributed by atoms with Gasteiger partial charge in [0.15, 0.2) is 11.9 Å². The number of hydrogen-bond acceptors (Lipinski definition) is 6. The highest BCUT2D eigenvalue weighted by Gasteiger charge is 2.29. The van der Waals surface area contributed by atoms with Crippen molar-refractivity contribution in [2.45, 2.75) is 13.0 Å². The number of amidine groups is 2. The highest BCUT2D eigenvalue weighted by molar-refractivity contribution is 6.19. The van der Waals surface area contributed by atoms with E-state index < -0.39 is 0 Å². The molecule has 15 heavy (non-hydrogen) atoms. The van der Waals surface area contributed by atoms with Crippen molar-refractivity contribution >= 4 is 24.3 Å². The molecule has 1 unspecified atom stereocenters. The van der Waals surface area contributed by atoms with Crippen LogP contribution in [-0.4, -0.2) is 60.1 Å². The lowest BCUT2D eigenvalue weighted by Gasteiger charge is -2.27. The number of aliphatic hydroxyl groups is 1. The van der Waals surface area contributed by atoms with Crippen LogP contribution < -0.4 is 0 Å². The normalized spacial score (nSPS) is 22.4. The van der Waals surface area contributed by atoms with Crippen molar-refractivity contribution in [1.82, 2.24) is 4.90 Å². The van der Waals surface area contributed by atoms with Crippen LogP contribution in [0, 0.1) is 0 Å². The van der Waals surface area contributed by atoms with Crippen LogP contribution in [0.2, 0.25) is 0 Å². The molecule has 0 aliphatic carbocycles. The molecule has 2 aliphatic rings. The summed E-state index contributed by atoms with van der Waals surface area (Å²) in [6, 6.07) is -0.179. The molecule has 0 saturated carbocycles.